The van der Waals surface area contributed by atoms with Gasteiger partial charge in [0, 0.05) is 16.9 Å². The Bertz CT molecular complexity index is 1520. The zero-order valence-electron chi connectivity index (χ0n) is 24.4. The number of aryl methyl sites for hydroxylation is 4. The normalized spacial score (nSPS) is 30.4. The molecule has 3 aliphatic carbocycles. The second-order valence-electron chi connectivity index (χ2n) is 12.2. The van der Waals surface area contributed by atoms with E-state index >= 15 is 0 Å². The minimum Gasteiger partial charge on any atom is -0.463 e. The van der Waals surface area contributed by atoms with Gasteiger partial charge in [0.05, 0.1) is 41.7 Å². The highest BCUT2D eigenvalue weighted by atomic mass is 16.5. The van der Waals surface area contributed by atoms with Crippen LogP contribution in [0.3, 0.4) is 0 Å². The molecule has 6 atom stereocenters. The van der Waals surface area contributed by atoms with Crippen molar-refractivity contribution < 1.29 is 28.7 Å². The van der Waals surface area contributed by atoms with Crippen molar-refractivity contribution in [1.29, 1.82) is 0 Å². The van der Waals surface area contributed by atoms with Gasteiger partial charge < -0.3 is 4.74 Å². The molecule has 8 nitrogen and oxygen atoms in total. The van der Waals surface area contributed by atoms with Gasteiger partial charge in [0.2, 0.25) is 23.6 Å². The first-order valence-corrected chi connectivity index (χ1v) is 14.1. The second-order valence-corrected chi connectivity index (χ2v) is 12.2. The molecule has 4 amide bonds. The van der Waals surface area contributed by atoms with Crippen LogP contribution in [0.4, 0.5) is 11.4 Å². The van der Waals surface area contributed by atoms with E-state index in [9.17, 15) is 24.0 Å². The van der Waals surface area contributed by atoms with Crippen LogP contribution >= 0.6 is 0 Å². The molecule has 2 unspecified atom stereocenters. The summed E-state index contributed by atoms with van der Waals surface area (Å²) >= 11 is 0. The number of ether oxygens (including phenoxy) is 1. The van der Waals surface area contributed by atoms with Crippen LogP contribution in [0, 0.1) is 62.7 Å². The zero-order valence-corrected chi connectivity index (χ0v) is 24.4. The molecule has 2 aromatic carbocycles. The van der Waals surface area contributed by atoms with E-state index in [-0.39, 0.29) is 12.2 Å². The molecule has 2 aliphatic heterocycles. The van der Waals surface area contributed by atoms with E-state index in [0.717, 1.165) is 22.3 Å². The van der Waals surface area contributed by atoms with E-state index in [1.54, 1.807) is 32.9 Å². The number of hydrogen-bond acceptors (Lipinski definition) is 6. The number of anilines is 2. The average Bonchev–Trinajstić information content (AvgIpc) is 3.33. The van der Waals surface area contributed by atoms with Crippen molar-refractivity contribution in [2.24, 2.45) is 35.0 Å². The molecule has 8 heteroatoms. The fourth-order valence-corrected chi connectivity index (χ4v) is 8.20. The van der Waals surface area contributed by atoms with E-state index in [2.05, 4.69) is 0 Å². The molecule has 41 heavy (non-hydrogen) atoms. The van der Waals surface area contributed by atoms with Gasteiger partial charge in [-0.05, 0) is 75.9 Å². The van der Waals surface area contributed by atoms with Crippen LogP contribution in [-0.4, -0.2) is 36.2 Å². The fraction of sp³-hybridized carbons (Fsp3) is 0.424. The molecular weight excluding hydrogens is 520 g/mol. The van der Waals surface area contributed by atoms with Gasteiger partial charge >= 0.3 is 5.97 Å². The maximum absolute atomic E-state index is 14.4. The maximum Gasteiger partial charge on any atom is 0.334 e. The minimum atomic E-state index is -1.42. The van der Waals surface area contributed by atoms with E-state index in [0.29, 0.717) is 16.9 Å². The van der Waals surface area contributed by atoms with Crippen molar-refractivity contribution in [3.05, 3.63) is 69.8 Å². The van der Waals surface area contributed by atoms with Crippen LogP contribution in [0.25, 0.3) is 0 Å². The number of allylic oxidation sites excluding steroid dienone is 1. The van der Waals surface area contributed by atoms with Crippen LogP contribution < -0.4 is 9.80 Å². The van der Waals surface area contributed by atoms with Gasteiger partial charge in [0.25, 0.3) is 0 Å². The summed E-state index contributed by atoms with van der Waals surface area (Å²) in [5.74, 6) is -6.79. The molecule has 2 bridgehead atoms. The smallest absolute Gasteiger partial charge is 0.334 e. The summed E-state index contributed by atoms with van der Waals surface area (Å²) in [6, 6.07) is 11.2. The third kappa shape index (κ3) is 3.36. The molecule has 7 rings (SSSR count). The molecule has 212 valence electrons. The lowest BCUT2D eigenvalue weighted by molar-refractivity contribution is -0.155. The van der Waals surface area contributed by atoms with E-state index in [4.69, 9.17) is 4.74 Å². The Kier molecular flexibility index (Phi) is 5.93. The quantitative estimate of drug-likeness (QED) is 0.411. The summed E-state index contributed by atoms with van der Waals surface area (Å²) in [5, 5.41) is 0. The van der Waals surface area contributed by atoms with Crippen LogP contribution in [0.15, 0.2) is 47.5 Å². The van der Waals surface area contributed by atoms with Crippen molar-refractivity contribution in [2.45, 2.75) is 48.5 Å². The number of imide groups is 2. The Morgan fingerprint density at radius 2 is 1.17 bits per heavy atom. The largest absolute Gasteiger partial charge is 0.463 e. The first-order chi connectivity index (χ1) is 19.4. The summed E-state index contributed by atoms with van der Waals surface area (Å²) in [6.07, 6.45) is 0. The van der Waals surface area contributed by atoms with E-state index in [1.165, 1.54) is 9.80 Å². The minimum absolute atomic E-state index is 0.113. The lowest BCUT2D eigenvalue weighted by Gasteiger charge is -2.55. The monoisotopic (exact) mass is 554 g/mol. The molecule has 5 aliphatic rings. The molecule has 2 saturated heterocycles. The van der Waals surface area contributed by atoms with E-state index in [1.807, 2.05) is 52.0 Å². The van der Waals surface area contributed by atoms with Gasteiger partial charge in [-0.3, -0.25) is 19.2 Å². The second kappa shape index (κ2) is 8.96. The third-order valence-corrected chi connectivity index (χ3v) is 9.89. The van der Waals surface area contributed by atoms with Gasteiger partial charge in [-0.25, -0.2) is 14.6 Å². The number of nitrogens with zero attached hydrogens (tertiary/aromatic N) is 2. The number of benzene rings is 2. The summed E-state index contributed by atoms with van der Waals surface area (Å²) in [7, 11) is 0. The number of esters is 1. The molecule has 3 fully saturated rings. The highest BCUT2D eigenvalue weighted by Crippen LogP contribution is 2.69. The summed E-state index contributed by atoms with van der Waals surface area (Å²) in [5.41, 5.74) is 3.68. The average molecular weight is 555 g/mol. The van der Waals surface area contributed by atoms with Gasteiger partial charge in [0.15, 0.2) is 0 Å². The third-order valence-electron chi connectivity index (χ3n) is 9.89. The molecule has 0 radical (unpaired) electrons. The molecule has 2 heterocycles. The first kappa shape index (κ1) is 27.1. The summed E-state index contributed by atoms with van der Waals surface area (Å²) < 4.78 is 5.47. The lowest BCUT2D eigenvalue weighted by atomic mass is 9.43. The predicted octanol–water partition coefficient (Wildman–Crippen LogP) is 4.36. The van der Waals surface area contributed by atoms with Crippen molar-refractivity contribution in [1.82, 2.24) is 0 Å². The zero-order chi connectivity index (χ0) is 29.7. The van der Waals surface area contributed by atoms with Crippen molar-refractivity contribution in [3.8, 4) is 0 Å². The predicted molar refractivity (Wildman–Crippen MR) is 152 cm³/mol. The van der Waals surface area contributed by atoms with Crippen LogP contribution in [0.5, 0.6) is 0 Å². The molecule has 1 saturated carbocycles. The molecule has 2 aromatic rings. The fourth-order valence-electron chi connectivity index (χ4n) is 8.20. The van der Waals surface area contributed by atoms with Crippen molar-refractivity contribution in [3.63, 3.8) is 0 Å². The van der Waals surface area contributed by atoms with Gasteiger partial charge in [-0.1, -0.05) is 36.8 Å². The number of carbonyl (C=O) groups excluding carboxylic acids is 5. The Labute approximate surface area is 239 Å². The number of hydrogen-bond donors (Lipinski definition) is 0. The standard InChI is InChI=1S/C33H34N2O6/c1-8-41-32(40)25-19(6)22-23-26(30(38)34(28(23)36)20-13-15(2)9-11-17(20)4)33(25,7)27-24(22)29(37)35(31(27)39)21-14-16(3)10-12-18(21)5/h9-14,22-24,26-27H,8H2,1-7H3/t22?,23-,24+,26-,27-,33?/m1/s1. The molecule has 0 N–H and O–H groups in total. The van der Waals surface area contributed by atoms with Gasteiger partial charge in [-0.2, -0.15) is 0 Å². The first-order valence-electron chi connectivity index (χ1n) is 14.1. The lowest BCUT2D eigenvalue weighted by Crippen LogP contribution is -2.61. The molecule has 0 aromatic heterocycles. The van der Waals surface area contributed by atoms with Crippen molar-refractivity contribution in [2.75, 3.05) is 16.4 Å². The maximum atomic E-state index is 14.4. The Balaban J connectivity index is 1.57. The topological polar surface area (TPSA) is 101 Å². The van der Waals surface area contributed by atoms with Gasteiger partial charge in [-0.15, -0.1) is 0 Å². The summed E-state index contributed by atoms with van der Waals surface area (Å²) in [4.78, 5) is 73.3. The molecule has 0 spiro atoms. The Morgan fingerprint density at radius 1 is 0.732 bits per heavy atom. The highest BCUT2D eigenvalue weighted by Gasteiger charge is 2.77. The number of carbonyl (C=O) groups is 5. The number of rotatable bonds is 4. The van der Waals surface area contributed by atoms with Gasteiger partial charge in [0.1, 0.15) is 0 Å². The summed E-state index contributed by atoms with van der Waals surface area (Å²) in [6.45, 7) is 12.7. The Hall–Kier alpha value is -4.07. The van der Waals surface area contributed by atoms with Crippen LogP contribution in [0.2, 0.25) is 0 Å². The van der Waals surface area contributed by atoms with E-state index < -0.39 is 64.6 Å². The Morgan fingerprint density at radius 3 is 1.59 bits per heavy atom. The highest BCUT2D eigenvalue weighted by molar-refractivity contribution is 6.28. The van der Waals surface area contributed by atoms with Crippen molar-refractivity contribution >= 4 is 41.0 Å². The number of amides is 4. The van der Waals surface area contributed by atoms with Crippen LogP contribution in [0.1, 0.15) is 43.0 Å². The molecular formula is C33H34N2O6. The van der Waals surface area contributed by atoms with Crippen LogP contribution in [-0.2, 0) is 28.7 Å². The SMILES string of the molecule is CCOC(=O)C1=C(C)C2[C@H]3C(=O)N(c4cc(C)ccc4C)C(=O)[C@@H]3C1(C)[C@H]1C(=O)N(c3cc(C)ccc3C)C(=O)[C@@H]21.